The third-order valence-corrected chi connectivity index (χ3v) is 11.3. The van der Waals surface area contributed by atoms with Gasteiger partial charge in [-0.2, -0.15) is 9.97 Å². The van der Waals surface area contributed by atoms with E-state index < -0.39 is 0 Å². The van der Waals surface area contributed by atoms with Crippen LogP contribution < -0.4 is 0 Å². The van der Waals surface area contributed by atoms with Crippen LogP contribution in [0.25, 0.3) is 106 Å². The molecule has 0 bridgehead atoms. The van der Waals surface area contributed by atoms with Crippen molar-refractivity contribution in [3.8, 4) is 40.1 Å². The SMILES string of the molecule is c1ccc(-c2nc(-c3ccccc3)nc(-n3c4ccccc4c4c3ccc3c5c(ccc6c7ccccc7n(-c7ccccc7)c65)n(-c5ccccc5)c34)n2)cc1. The van der Waals surface area contributed by atoms with E-state index in [1.54, 1.807) is 0 Å². The van der Waals surface area contributed by atoms with Crippen molar-refractivity contribution in [2.45, 2.75) is 0 Å². The summed E-state index contributed by atoms with van der Waals surface area (Å²) in [4.78, 5) is 15.4. The molecule has 12 aromatic rings. The molecule has 0 unspecified atom stereocenters. The molecule has 0 amide bonds. The highest BCUT2D eigenvalue weighted by Crippen LogP contribution is 2.46. The van der Waals surface area contributed by atoms with E-state index in [1.807, 2.05) is 36.4 Å². The van der Waals surface area contributed by atoms with Crippen LogP contribution in [-0.2, 0) is 0 Å². The molecule has 6 heteroatoms. The summed E-state index contributed by atoms with van der Waals surface area (Å²) >= 11 is 0. The molecule has 0 spiro atoms. The molecular weight excluding hydrogens is 697 g/mol. The van der Waals surface area contributed by atoms with E-state index in [-0.39, 0.29) is 0 Å². The fraction of sp³-hybridized carbons (Fsp3) is 0. The van der Waals surface area contributed by atoms with Crippen LogP contribution >= 0.6 is 0 Å². The summed E-state index contributed by atoms with van der Waals surface area (Å²) in [6, 6.07) is 68.4. The van der Waals surface area contributed by atoms with E-state index in [0.29, 0.717) is 17.6 Å². The second-order valence-electron chi connectivity index (χ2n) is 14.4. The Hall–Kier alpha value is -7.83. The van der Waals surface area contributed by atoms with Gasteiger partial charge in [-0.15, -0.1) is 0 Å². The fourth-order valence-corrected chi connectivity index (χ4v) is 8.90. The first-order valence-corrected chi connectivity index (χ1v) is 19.2. The lowest BCUT2D eigenvalue weighted by Gasteiger charge is -2.11. The zero-order chi connectivity index (χ0) is 37.5. The summed E-state index contributed by atoms with van der Waals surface area (Å²) in [5.41, 5.74) is 10.8. The predicted molar refractivity (Wildman–Crippen MR) is 234 cm³/mol. The molecule has 4 aromatic heterocycles. The smallest absolute Gasteiger partial charge is 0.238 e. The van der Waals surface area contributed by atoms with Gasteiger partial charge >= 0.3 is 0 Å². The molecule has 0 fully saturated rings. The molecule has 0 aliphatic rings. The molecule has 266 valence electrons. The lowest BCUT2D eigenvalue weighted by Crippen LogP contribution is -2.06. The average molecular weight is 729 g/mol. The lowest BCUT2D eigenvalue weighted by molar-refractivity contribution is 0.953. The summed E-state index contributed by atoms with van der Waals surface area (Å²) < 4.78 is 7.11. The monoisotopic (exact) mass is 728 g/mol. The zero-order valence-electron chi connectivity index (χ0n) is 30.7. The molecule has 4 heterocycles. The largest absolute Gasteiger partial charge is 0.309 e. The van der Waals surface area contributed by atoms with Crippen LogP contribution in [0.5, 0.6) is 0 Å². The van der Waals surface area contributed by atoms with E-state index in [2.05, 4.69) is 171 Å². The van der Waals surface area contributed by atoms with Crippen LogP contribution in [0.1, 0.15) is 0 Å². The standard InChI is InChI=1S/C51H32N6/c1-5-17-33(18-6-1)49-52-50(34-19-7-2-8-20-34)54-51(53-49)57-42-28-16-14-26-39(42)45-44(57)32-30-40-46-43(56(48(40)45)36-23-11-4-12-24-36)31-29-38-37-25-13-15-27-41(37)55(47(38)46)35-21-9-3-10-22-35/h1-32H. The zero-order valence-corrected chi connectivity index (χ0v) is 30.7. The summed E-state index contributed by atoms with van der Waals surface area (Å²) in [5.74, 6) is 1.82. The number of nitrogens with zero attached hydrogens (tertiary/aromatic N) is 6. The van der Waals surface area contributed by atoms with Gasteiger partial charge in [0.05, 0.1) is 33.1 Å². The number of hydrogen-bond donors (Lipinski definition) is 0. The first-order valence-electron chi connectivity index (χ1n) is 19.2. The van der Waals surface area contributed by atoms with Crippen LogP contribution in [0, 0.1) is 0 Å². The van der Waals surface area contributed by atoms with Gasteiger partial charge in [0.25, 0.3) is 0 Å². The Morgan fingerprint density at radius 2 is 0.702 bits per heavy atom. The van der Waals surface area contributed by atoms with Gasteiger partial charge in [0.1, 0.15) is 0 Å². The third kappa shape index (κ3) is 4.68. The lowest BCUT2D eigenvalue weighted by atomic mass is 10.1. The van der Waals surface area contributed by atoms with Gasteiger partial charge < -0.3 is 9.13 Å². The Labute approximate surface area is 327 Å². The number of hydrogen-bond acceptors (Lipinski definition) is 3. The molecule has 8 aromatic carbocycles. The maximum atomic E-state index is 5.22. The summed E-state index contributed by atoms with van der Waals surface area (Å²) in [6.45, 7) is 0. The Kier molecular flexibility index (Phi) is 6.83. The normalized spacial score (nSPS) is 11.9. The second-order valence-corrected chi connectivity index (χ2v) is 14.4. The van der Waals surface area contributed by atoms with Gasteiger partial charge in [0, 0.05) is 54.8 Å². The van der Waals surface area contributed by atoms with E-state index >= 15 is 0 Å². The number of aromatic nitrogens is 6. The first kappa shape index (κ1) is 31.5. The highest BCUT2D eigenvalue weighted by molar-refractivity contribution is 6.32. The average Bonchev–Trinajstić information content (AvgIpc) is 3.93. The van der Waals surface area contributed by atoms with Crippen molar-refractivity contribution in [1.82, 2.24) is 28.7 Å². The van der Waals surface area contributed by atoms with Crippen molar-refractivity contribution >= 4 is 65.4 Å². The molecule has 0 atom stereocenters. The Morgan fingerprint density at radius 1 is 0.281 bits per heavy atom. The Bertz CT molecular complexity index is 3430. The molecule has 0 aliphatic heterocycles. The van der Waals surface area contributed by atoms with E-state index in [1.165, 1.54) is 32.6 Å². The van der Waals surface area contributed by atoms with Crippen molar-refractivity contribution in [1.29, 1.82) is 0 Å². The van der Waals surface area contributed by atoms with Crippen LogP contribution in [0.3, 0.4) is 0 Å². The molecule has 0 N–H and O–H groups in total. The maximum Gasteiger partial charge on any atom is 0.238 e. The molecule has 0 radical (unpaired) electrons. The molecule has 6 nitrogen and oxygen atoms in total. The van der Waals surface area contributed by atoms with Crippen molar-refractivity contribution in [2.24, 2.45) is 0 Å². The number of fused-ring (bicyclic) bond motifs is 11. The van der Waals surface area contributed by atoms with Gasteiger partial charge in [-0.05, 0) is 54.6 Å². The van der Waals surface area contributed by atoms with Crippen molar-refractivity contribution in [2.75, 3.05) is 0 Å². The molecular formula is C51H32N6. The number of para-hydroxylation sites is 4. The summed E-state index contributed by atoms with van der Waals surface area (Å²) in [6.07, 6.45) is 0. The topological polar surface area (TPSA) is 53.5 Å². The maximum absolute atomic E-state index is 5.22. The minimum atomic E-state index is 0.572. The van der Waals surface area contributed by atoms with Crippen LogP contribution in [-0.4, -0.2) is 28.7 Å². The van der Waals surface area contributed by atoms with Crippen molar-refractivity contribution in [3.05, 3.63) is 194 Å². The fourth-order valence-electron chi connectivity index (χ4n) is 8.90. The highest BCUT2D eigenvalue weighted by atomic mass is 15.2. The van der Waals surface area contributed by atoms with Crippen molar-refractivity contribution in [3.63, 3.8) is 0 Å². The van der Waals surface area contributed by atoms with Crippen LogP contribution in [0.4, 0.5) is 0 Å². The van der Waals surface area contributed by atoms with Crippen LogP contribution in [0.15, 0.2) is 194 Å². The predicted octanol–water partition coefficient (Wildman–Crippen LogP) is 12.5. The minimum Gasteiger partial charge on any atom is -0.309 e. The summed E-state index contributed by atoms with van der Waals surface area (Å²) in [7, 11) is 0. The molecule has 0 aliphatic carbocycles. The van der Waals surface area contributed by atoms with Crippen LogP contribution in [0.2, 0.25) is 0 Å². The van der Waals surface area contributed by atoms with Gasteiger partial charge in [0.2, 0.25) is 5.95 Å². The van der Waals surface area contributed by atoms with Crippen molar-refractivity contribution < 1.29 is 0 Å². The summed E-state index contributed by atoms with van der Waals surface area (Å²) in [5, 5.41) is 7.12. The van der Waals surface area contributed by atoms with E-state index in [9.17, 15) is 0 Å². The second kappa shape index (κ2) is 12.3. The van der Waals surface area contributed by atoms with Gasteiger partial charge in [-0.1, -0.05) is 140 Å². The van der Waals surface area contributed by atoms with Gasteiger partial charge in [0.15, 0.2) is 11.6 Å². The van der Waals surface area contributed by atoms with Gasteiger partial charge in [-0.25, -0.2) is 4.98 Å². The third-order valence-electron chi connectivity index (χ3n) is 11.3. The van der Waals surface area contributed by atoms with E-state index in [0.717, 1.165) is 55.3 Å². The first-order chi connectivity index (χ1) is 28.3. The minimum absolute atomic E-state index is 0.572. The van der Waals surface area contributed by atoms with E-state index in [4.69, 9.17) is 15.0 Å². The quantitative estimate of drug-likeness (QED) is 0.177. The number of rotatable bonds is 5. The molecule has 0 saturated heterocycles. The molecule has 0 saturated carbocycles. The Balaban J connectivity index is 1.26. The molecule has 57 heavy (non-hydrogen) atoms. The number of benzene rings is 8. The van der Waals surface area contributed by atoms with Gasteiger partial charge in [-0.3, -0.25) is 4.57 Å². The Morgan fingerprint density at radius 3 is 1.30 bits per heavy atom. The molecule has 12 rings (SSSR count). The highest BCUT2D eigenvalue weighted by Gasteiger charge is 2.25.